The molecule has 0 unspecified atom stereocenters. The molecule has 3 atom stereocenters. The maximum Gasteiger partial charge on any atom is 0.238 e. The summed E-state index contributed by atoms with van der Waals surface area (Å²) in [6.07, 6.45) is 4.58. The minimum Gasteiger partial charge on any atom is -0.393 e. The summed E-state index contributed by atoms with van der Waals surface area (Å²) in [5.41, 5.74) is -1.74. The highest BCUT2D eigenvalue weighted by Crippen LogP contribution is 2.64. The zero-order chi connectivity index (χ0) is 30.1. The number of hydrogen-bond acceptors (Lipinski definition) is 5. The Hall–Kier alpha value is -2.23. The summed E-state index contributed by atoms with van der Waals surface area (Å²) in [5, 5.41) is 30.3. The van der Waals surface area contributed by atoms with Crippen molar-refractivity contribution in [2.45, 2.75) is 99.8 Å². The van der Waals surface area contributed by atoms with E-state index in [1.54, 1.807) is 24.3 Å². The van der Waals surface area contributed by atoms with Crippen LogP contribution in [0.4, 0.5) is 10.1 Å². The van der Waals surface area contributed by atoms with Gasteiger partial charge < -0.3 is 20.8 Å². The number of benzene rings is 2. The molecule has 2 saturated carbocycles. The van der Waals surface area contributed by atoms with Crippen LogP contribution < -0.4 is 16.0 Å². The maximum atomic E-state index is 16.1. The molecule has 3 fully saturated rings. The third-order valence-electron chi connectivity index (χ3n) is 10.6. The Kier molecular flexibility index (Phi) is 7.42. The number of amides is 2. The van der Waals surface area contributed by atoms with Gasteiger partial charge in [0.25, 0.3) is 0 Å². The van der Waals surface area contributed by atoms with E-state index in [9.17, 15) is 19.8 Å². The summed E-state index contributed by atoms with van der Waals surface area (Å²) in [4.78, 5) is 28.8. The molecule has 2 aliphatic heterocycles. The van der Waals surface area contributed by atoms with E-state index in [4.69, 9.17) is 23.2 Å². The van der Waals surface area contributed by atoms with Crippen molar-refractivity contribution in [1.29, 1.82) is 0 Å². The first-order valence-corrected chi connectivity index (χ1v) is 15.6. The smallest absolute Gasteiger partial charge is 0.238 e. The number of halogens is 3. The van der Waals surface area contributed by atoms with E-state index in [1.165, 1.54) is 6.07 Å². The van der Waals surface area contributed by atoms with Crippen molar-refractivity contribution < 1.29 is 24.2 Å². The Bertz CT molecular complexity index is 1420. The van der Waals surface area contributed by atoms with Crippen LogP contribution in [0, 0.1) is 11.2 Å². The standard InChI is InChI=1S/C32H38Cl2FN3O4/c1-29(2)12-14-31(15-13-29)32(21-7-6-18(33)16-23(21)37-28(32)41)24(20-4-3-5-22(34)25(20)35)26(38-31)27(40)36-19-8-10-30(42,17-39)11-9-19/h3-7,16,19,24,26,38-39,42H,8-15,17H2,1-2H3,(H,36,40)(H,37,41)/t19-,24-,26+,30+,32+/m0/s1. The third-order valence-corrected chi connectivity index (χ3v) is 11.1. The first-order chi connectivity index (χ1) is 19.8. The van der Waals surface area contributed by atoms with E-state index in [2.05, 4.69) is 29.8 Å². The maximum absolute atomic E-state index is 16.1. The zero-order valence-corrected chi connectivity index (χ0v) is 25.4. The molecule has 226 valence electrons. The molecule has 2 aromatic carbocycles. The molecule has 2 heterocycles. The summed E-state index contributed by atoms with van der Waals surface area (Å²) in [7, 11) is 0. The quantitative estimate of drug-likeness (QED) is 0.324. The van der Waals surface area contributed by atoms with Gasteiger partial charge in [0.05, 0.1) is 23.3 Å². The molecule has 10 heteroatoms. The lowest BCUT2D eigenvalue weighted by molar-refractivity contribution is -0.125. The summed E-state index contributed by atoms with van der Waals surface area (Å²) in [5.74, 6) is -2.15. The second-order valence-electron chi connectivity index (χ2n) is 13.6. The van der Waals surface area contributed by atoms with Gasteiger partial charge in [-0.1, -0.05) is 55.2 Å². The third kappa shape index (κ3) is 4.56. The van der Waals surface area contributed by atoms with Crippen LogP contribution in [0.1, 0.15) is 82.3 Å². The number of aliphatic hydroxyl groups is 2. The first kappa shape index (κ1) is 29.8. The van der Waals surface area contributed by atoms with Crippen LogP contribution in [-0.4, -0.2) is 51.9 Å². The van der Waals surface area contributed by atoms with Gasteiger partial charge in [-0.05, 0) is 86.1 Å². The molecule has 2 aliphatic carbocycles. The molecular formula is C32H38Cl2FN3O4. The lowest BCUT2D eigenvalue weighted by Gasteiger charge is -2.50. The highest BCUT2D eigenvalue weighted by Gasteiger charge is 2.73. The normalized spacial score (nSPS) is 33.0. The fraction of sp³-hybridized carbons (Fsp3) is 0.562. The van der Waals surface area contributed by atoms with Crippen LogP contribution in [0.3, 0.4) is 0 Å². The molecule has 42 heavy (non-hydrogen) atoms. The summed E-state index contributed by atoms with van der Waals surface area (Å²) in [6, 6.07) is 8.89. The summed E-state index contributed by atoms with van der Waals surface area (Å²) >= 11 is 12.7. The predicted octanol–water partition coefficient (Wildman–Crippen LogP) is 5.20. The van der Waals surface area contributed by atoms with Gasteiger partial charge in [0, 0.05) is 28.2 Å². The lowest BCUT2D eigenvalue weighted by atomic mass is 9.53. The van der Waals surface area contributed by atoms with Crippen LogP contribution in [0.2, 0.25) is 10.0 Å². The number of rotatable bonds is 4. The number of carbonyl (C=O) groups is 2. The van der Waals surface area contributed by atoms with Gasteiger partial charge in [0.15, 0.2) is 0 Å². The fourth-order valence-electron chi connectivity index (χ4n) is 8.16. The van der Waals surface area contributed by atoms with Gasteiger partial charge in [0.1, 0.15) is 11.2 Å². The molecular weight excluding hydrogens is 580 g/mol. The van der Waals surface area contributed by atoms with Crippen LogP contribution >= 0.6 is 23.2 Å². The van der Waals surface area contributed by atoms with E-state index in [-0.39, 0.29) is 40.5 Å². The predicted molar refractivity (Wildman–Crippen MR) is 160 cm³/mol. The van der Waals surface area contributed by atoms with Crippen molar-refractivity contribution in [3.05, 3.63) is 63.4 Å². The van der Waals surface area contributed by atoms with Crippen LogP contribution in [0.25, 0.3) is 0 Å². The molecule has 0 radical (unpaired) electrons. The van der Waals surface area contributed by atoms with Gasteiger partial charge >= 0.3 is 0 Å². The minimum absolute atomic E-state index is 0.0504. The Morgan fingerprint density at radius 3 is 2.43 bits per heavy atom. The van der Waals surface area contributed by atoms with Crippen molar-refractivity contribution >= 4 is 40.7 Å². The van der Waals surface area contributed by atoms with Crippen molar-refractivity contribution in [1.82, 2.24) is 10.6 Å². The van der Waals surface area contributed by atoms with Crippen molar-refractivity contribution in [2.24, 2.45) is 5.41 Å². The molecule has 4 aliphatic rings. The second-order valence-corrected chi connectivity index (χ2v) is 14.5. The summed E-state index contributed by atoms with van der Waals surface area (Å²) < 4.78 is 16.1. The topological polar surface area (TPSA) is 111 Å². The lowest BCUT2D eigenvalue weighted by Crippen LogP contribution is -2.61. The van der Waals surface area contributed by atoms with Gasteiger partial charge in [-0.2, -0.15) is 0 Å². The highest BCUT2D eigenvalue weighted by atomic mass is 35.5. The monoisotopic (exact) mass is 617 g/mol. The molecule has 2 amide bonds. The van der Waals surface area contributed by atoms with Crippen molar-refractivity contribution in [3.63, 3.8) is 0 Å². The van der Waals surface area contributed by atoms with Crippen LogP contribution in [-0.2, 0) is 15.0 Å². The highest BCUT2D eigenvalue weighted by molar-refractivity contribution is 6.31. The number of aliphatic hydroxyl groups excluding tert-OH is 1. The minimum atomic E-state index is -1.30. The van der Waals surface area contributed by atoms with Gasteiger partial charge in [-0.15, -0.1) is 0 Å². The number of fused-ring (bicyclic) bond motifs is 3. The zero-order valence-electron chi connectivity index (χ0n) is 23.9. The Morgan fingerprint density at radius 1 is 1.07 bits per heavy atom. The SMILES string of the molecule is CC1(C)CCC2(CC1)N[C@@H](C(=O)N[C@H]1CC[C@](O)(CO)CC1)[C@H](c1cccc(Cl)c1F)[C@]21C(=O)Nc2cc(Cl)ccc21. The molecule has 0 bridgehead atoms. The fourth-order valence-corrected chi connectivity index (χ4v) is 8.52. The average Bonchev–Trinajstić information content (AvgIpc) is 3.41. The molecule has 6 rings (SSSR count). The van der Waals surface area contributed by atoms with Gasteiger partial charge in [0.2, 0.25) is 11.8 Å². The number of nitrogens with one attached hydrogen (secondary N) is 3. The van der Waals surface area contributed by atoms with Gasteiger partial charge in [-0.25, -0.2) is 4.39 Å². The Labute approximate surface area is 255 Å². The van der Waals surface area contributed by atoms with E-state index in [0.717, 1.165) is 12.8 Å². The Balaban J connectivity index is 1.50. The molecule has 2 spiro atoms. The molecule has 5 N–H and O–H groups in total. The van der Waals surface area contributed by atoms with Crippen molar-refractivity contribution in [2.75, 3.05) is 11.9 Å². The van der Waals surface area contributed by atoms with E-state index in [0.29, 0.717) is 54.8 Å². The van der Waals surface area contributed by atoms with E-state index in [1.807, 2.05) is 6.07 Å². The van der Waals surface area contributed by atoms with Crippen LogP contribution in [0.5, 0.6) is 0 Å². The number of carbonyl (C=O) groups excluding carboxylic acids is 2. The number of hydrogen-bond donors (Lipinski definition) is 5. The van der Waals surface area contributed by atoms with E-state index >= 15 is 4.39 Å². The molecule has 2 aromatic rings. The molecule has 0 aromatic heterocycles. The van der Waals surface area contributed by atoms with Crippen molar-refractivity contribution in [3.8, 4) is 0 Å². The number of anilines is 1. The van der Waals surface area contributed by atoms with Crippen LogP contribution in [0.15, 0.2) is 36.4 Å². The molecule has 1 saturated heterocycles. The van der Waals surface area contributed by atoms with Gasteiger partial charge in [-0.3, -0.25) is 14.9 Å². The molecule has 7 nitrogen and oxygen atoms in total. The first-order valence-electron chi connectivity index (χ1n) is 14.8. The largest absolute Gasteiger partial charge is 0.393 e. The average molecular weight is 619 g/mol. The second kappa shape index (κ2) is 10.4. The summed E-state index contributed by atoms with van der Waals surface area (Å²) in [6.45, 7) is 4.09. The Morgan fingerprint density at radius 2 is 1.76 bits per heavy atom. The van der Waals surface area contributed by atoms with E-state index < -0.39 is 34.3 Å².